The molecule has 1 aromatic carbocycles. The molecule has 1 fully saturated rings. The van der Waals surface area contributed by atoms with E-state index in [2.05, 4.69) is 6.07 Å². The molecular weight excluding hydrogens is 230 g/mol. The fourth-order valence-corrected chi connectivity index (χ4v) is 2.11. The Kier molecular flexibility index (Phi) is 3.33. The van der Waals surface area contributed by atoms with Crippen molar-refractivity contribution in [3.8, 4) is 23.3 Å². The summed E-state index contributed by atoms with van der Waals surface area (Å²) in [4.78, 5) is 0. The summed E-state index contributed by atoms with van der Waals surface area (Å²) in [7, 11) is 4.77. The van der Waals surface area contributed by atoms with Crippen molar-refractivity contribution in [2.45, 2.75) is 19.3 Å². The minimum Gasteiger partial charge on any atom is -0.493 e. The molecule has 0 atom stereocenters. The molecule has 0 aliphatic heterocycles. The number of ether oxygens (including phenoxy) is 3. The number of nitriles is 1. The van der Waals surface area contributed by atoms with Crippen LogP contribution < -0.4 is 14.2 Å². The highest BCUT2D eigenvalue weighted by Gasteiger charge is 2.43. The smallest absolute Gasteiger partial charge is 0.203 e. The van der Waals surface area contributed by atoms with Crippen molar-refractivity contribution in [2.75, 3.05) is 21.3 Å². The highest BCUT2D eigenvalue weighted by Crippen LogP contribution is 2.49. The van der Waals surface area contributed by atoms with E-state index in [0.29, 0.717) is 17.2 Å². The molecule has 1 aliphatic carbocycles. The first-order chi connectivity index (χ1) is 8.68. The summed E-state index contributed by atoms with van der Waals surface area (Å²) >= 11 is 0. The fraction of sp³-hybridized carbons (Fsp3) is 0.500. The van der Waals surface area contributed by atoms with E-state index in [9.17, 15) is 0 Å². The van der Waals surface area contributed by atoms with Crippen LogP contribution in [0.1, 0.15) is 18.4 Å². The summed E-state index contributed by atoms with van der Waals surface area (Å²) < 4.78 is 15.9. The molecule has 0 amide bonds. The Hall–Kier alpha value is -1.89. The van der Waals surface area contributed by atoms with Gasteiger partial charge in [-0.3, -0.25) is 0 Å². The molecule has 1 aromatic rings. The number of benzene rings is 1. The second kappa shape index (κ2) is 4.77. The van der Waals surface area contributed by atoms with Crippen LogP contribution in [0.15, 0.2) is 12.1 Å². The molecule has 0 saturated heterocycles. The maximum absolute atomic E-state index is 9.13. The average Bonchev–Trinajstić information content (AvgIpc) is 3.17. The summed E-state index contributed by atoms with van der Waals surface area (Å²) in [6, 6.07) is 6.22. The highest BCUT2D eigenvalue weighted by molar-refractivity contribution is 5.54. The maximum atomic E-state index is 9.13. The molecule has 0 aromatic heterocycles. The third-order valence-corrected chi connectivity index (χ3v) is 3.36. The van der Waals surface area contributed by atoms with Crippen molar-refractivity contribution in [3.63, 3.8) is 0 Å². The van der Waals surface area contributed by atoms with Gasteiger partial charge < -0.3 is 14.2 Å². The Balaban J connectivity index is 2.35. The van der Waals surface area contributed by atoms with Crippen LogP contribution in [0.4, 0.5) is 0 Å². The molecular formula is C14H17NO3. The van der Waals surface area contributed by atoms with Crippen LogP contribution in [-0.4, -0.2) is 21.3 Å². The van der Waals surface area contributed by atoms with E-state index >= 15 is 0 Å². The Morgan fingerprint density at radius 1 is 1.11 bits per heavy atom. The van der Waals surface area contributed by atoms with E-state index in [1.165, 1.54) is 0 Å². The van der Waals surface area contributed by atoms with Gasteiger partial charge in [0.05, 0.1) is 32.8 Å². The third kappa shape index (κ3) is 2.21. The molecule has 18 heavy (non-hydrogen) atoms. The SMILES string of the molecule is COc1cc(CC2(C#N)CC2)cc(OC)c1OC. The van der Waals surface area contributed by atoms with Crippen LogP contribution in [0.3, 0.4) is 0 Å². The van der Waals surface area contributed by atoms with Crippen LogP contribution in [-0.2, 0) is 6.42 Å². The van der Waals surface area contributed by atoms with Crippen molar-refractivity contribution in [1.29, 1.82) is 5.26 Å². The van der Waals surface area contributed by atoms with E-state index in [-0.39, 0.29) is 5.41 Å². The second-order valence-electron chi connectivity index (χ2n) is 4.60. The fourth-order valence-electron chi connectivity index (χ4n) is 2.11. The van der Waals surface area contributed by atoms with Crippen LogP contribution >= 0.6 is 0 Å². The van der Waals surface area contributed by atoms with Gasteiger partial charge in [-0.25, -0.2) is 0 Å². The summed E-state index contributed by atoms with van der Waals surface area (Å²) in [5, 5.41) is 9.13. The van der Waals surface area contributed by atoms with Crippen molar-refractivity contribution in [1.82, 2.24) is 0 Å². The topological polar surface area (TPSA) is 51.5 Å². The van der Waals surface area contributed by atoms with Crippen molar-refractivity contribution >= 4 is 0 Å². The van der Waals surface area contributed by atoms with Crippen molar-refractivity contribution in [2.24, 2.45) is 5.41 Å². The number of hydrogen-bond donors (Lipinski definition) is 0. The van der Waals surface area contributed by atoms with Gasteiger partial charge in [-0.05, 0) is 37.0 Å². The second-order valence-corrected chi connectivity index (χ2v) is 4.60. The van der Waals surface area contributed by atoms with E-state index in [0.717, 1.165) is 24.8 Å². The summed E-state index contributed by atoms with van der Waals surface area (Å²) in [6.45, 7) is 0. The lowest BCUT2D eigenvalue weighted by molar-refractivity contribution is 0.323. The predicted molar refractivity (Wildman–Crippen MR) is 67.1 cm³/mol. The molecule has 1 saturated carbocycles. The van der Waals surface area contributed by atoms with Gasteiger partial charge in [-0.1, -0.05) is 0 Å². The van der Waals surface area contributed by atoms with Gasteiger partial charge >= 0.3 is 0 Å². The lowest BCUT2D eigenvalue weighted by Gasteiger charge is -2.15. The number of methoxy groups -OCH3 is 3. The normalized spacial score (nSPS) is 15.7. The highest BCUT2D eigenvalue weighted by atomic mass is 16.5. The van der Waals surface area contributed by atoms with Gasteiger partial charge in [0.25, 0.3) is 0 Å². The Bertz CT molecular complexity index is 461. The van der Waals surface area contributed by atoms with E-state index < -0.39 is 0 Å². The van der Waals surface area contributed by atoms with Gasteiger partial charge in [0, 0.05) is 0 Å². The molecule has 1 aliphatic rings. The summed E-state index contributed by atoms with van der Waals surface area (Å²) in [5.74, 6) is 1.87. The maximum Gasteiger partial charge on any atom is 0.203 e. The monoisotopic (exact) mass is 247 g/mol. The van der Waals surface area contributed by atoms with E-state index in [4.69, 9.17) is 19.5 Å². The third-order valence-electron chi connectivity index (χ3n) is 3.36. The average molecular weight is 247 g/mol. The zero-order valence-electron chi connectivity index (χ0n) is 10.9. The Morgan fingerprint density at radius 3 is 2.00 bits per heavy atom. The van der Waals surface area contributed by atoms with Crippen molar-refractivity contribution in [3.05, 3.63) is 17.7 Å². The van der Waals surface area contributed by atoms with Gasteiger partial charge in [-0.15, -0.1) is 0 Å². The first-order valence-corrected chi connectivity index (χ1v) is 5.88. The molecule has 2 rings (SSSR count). The largest absolute Gasteiger partial charge is 0.493 e. The lowest BCUT2D eigenvalue weighted by Crippen LogP contribution is -2.03. The number of rotatable bonds is 5. The van der Waals surface area contributed by atoms with Crippen LogP contribution in [0.2, 0.25) is 0 Å². The molecule has 0 heterocycles. The zero-order valence-corrected chi connectivity index (χ0v) is 10.9. The first-order valence-electron chi connectivity index (χ1n) is 5.88. The molecule has 0 radical (unpaired) electrons. The van der Waals surface area contributed by atoms with Crippen LogP contribution in [0, 0.1) is 16.7 Å². The first kappa shape index (κ1) is 12.6. The zero-order chi connectivity index (χ0) is 13.2. The van der Waals surface area contributed by atoms with Crippen LogP contribution in [0.5, 0.6) is 17.2 Å². The van der Waals surface area contributed by atoms with Crippen molar-refractivity contribution < 1.29 is 14.2 Å². The van der Waals surface area contributed by atoms with Gasteiger partial charge in [0.1, 0.15) is 0 Å². The van der Waals surface area contributed by atoms with E-state index in [1.807, 2.05) is 12.1 Å². The molecule has 4 heteroatoms. The quantitative estimate of drug-likeness (QED) is 0.802. The van der Waals surface area contributed by atoms with E-state index in [1.54, 1.807) is 21.3 Å². The molecule has 96 valence electrons. The van der Waals surface area contributed by atoms with Crippen LogP contribution in [0.25, 0.3) is 0 Å². The molecule has 0 unspecified atom stereocenters. The summed E-state index contributed by atoms with van der Waals surface area (Å²) in [5.41, 5.74) is 0.869. The molecule has 0 spiro atoms. The minimum absolute atomic E-state index is 0.176. The Morgan fingerprint density at radius 2 is 1.67 bits per heavy atom. The Labute approximate surface area is 107 Å². The van der Waals surface area contributed by atoms with Gasteiger partial charge in [0.2, 0.25) is 5.75 Å². The molecule has 0 N–H and O–H groups in total. The number of hydrogen-bond acceptors (Lipinski definition) is 4. The predicted octanol–water partition coefficient (Wildman–Crippen LogP) is 2.56. The summed E-state index contributed by atoms with van der Waals surface area (Å²) in [6.07, 6.45) is 2.68. The lowest BCUT2D eigenvalue weighted by atomic mass is 9.97. The van der Waals surface area contributed by atoms with Gasteiger partial charge in [-0.2, -0.15) is 5.26 Å². The van der Waals surface area contributed by atoms with Gasteiger partial charge in [0.15, 0.2) is 11.5 Å². The molecule has 4 nitrogen and oxygen atoms in total. The molecule has 0 bridgehead atoms. The number of nitrogens with zero attached hydrogens (tertiary/aromatic N) is 1. The minimum atomic E-state index is -0.176. The standard InChI is InChI=1S/C14H17NO3/c1-16-11-6-10(8-14(9-15)4-5-14)7-12(17-2)13(11)18-3/h6-7H,4-5,8H2,1-3H3.